The molecule has 1 aromatic heterocycles. The Hall–Kier alpha value is -1.71. The summed E-state index contributed by atoms with van der Waals surface area (Å²) in [7, 11) is -3.56. The normalized spacial score (nSPS) is 16.0. The minimum Gasteiger partial charge on any atom is -0.360 e. The van der Waals surface area contributed by atoms with E-state index in [-0.39, 0.29) is 23.9 Å². The van der Waals surface area contributed by atoms with Crippen LogP contribution < -0.4 is 0 Å². The van der Waals surface area contributed by atoms with Crippen LogP contribution in [0.25, 0.3) is 0 Å². The fourth-order valence-electron chi connectivity index (χ4n) is 2.98. The van der Waals surface area contributed by atoms with Gasteiger partial charge in [0.05, 0.1) is 10.6 Å². The van der Waals surface area contributed by atoms with Gasteiger partial charge in [-0.25, -0.2) is 8.42 Å². The number of hydrogen-bond donors (Lipinski definition) is 0. The molecule has 9 heteroatoms. The fraction of sp³-hybridized carbons (Fsp3) is 0.412. The minimum absolute atomic E-state index is 0.152. The van der Waals surface area contributed by atoms with Gasteiger partial charge < -0.3 is 9.42 Å². The van der Waals surface area contributed by atoms with E-state index in [2.05, 4.69) is 21.1 Å². The Balaban J connectivity index is 1.72. The predicted molar refractivity (Wildman–Crippen MR) is 99.4 cm³/mol. The molecule has 1 amide bonds. The van der Waals surface area contributed by atoms with Crippen molar-refractivity contribution in [3.05, 3.63) is 45.8 Å². The monoisotopic (exact) mass is 441 g/mol. The standard InChI is InChI=1S/C17H20BrN3O4S/c1-3-15-16(12(2)19-25-15)17(22)20-8-10-21(11-9-20)26(23,24)14-6-4-13(18)5-7-14/h4-7H,3,8-11H2,1-2H3. The summed E-state index contributed by atoms with van der Waals surface area (Å²) in [4.78, 5) is 14.7. The average molecular weight is 442 g/mol. The van der Waals surface area contributed by atoms with Gasteiger partial charge >= 0.3 is 0 Å². The van der Waals surface area contributed by atoms with Crippen molar-refractivity contribution in [3.8, 4) is 0 Å². The van der Waals surface area contributed by atoms with E-state index >= 15 is 0 Å². The van der Waals surface area contributed by atoms with Crippen molar-refractivity contribution < 1.29 is 17.7 Å². The maximum atomic E-state index is 12.8. The van der Waals surface area contributed by atoms with E-state index in [9.17, 15) is 13.2 Å². The quantitative estimate of drug-likeness (QED) is 0.727. The van der Waals surface area contributed by atoms with Crippen molar-refractivity contribution in [2.75, 3.05) is 26.2 Å². The Bertz CT molecular complexity index is 901. The first kappa shape index (κ1) is 19.1. The molecule has 140 valence electrons. The lowest BCUT2D eigenvalue weighted by Crippen LogP contribution is -2.50. The lowest BCUT2D eigenvalue weighted by molar-refractivity contribution is 0.0695. The summed E-state index contributed by atoms with van der Waals surface area (Å²) in [6.45, 7) is 4.83. The molecule has 0 N–H and O–H groups in total. The molecular weight excluding hydrogens is 422 g/mol. The van der Waals surface area contributed by atoms with Crippen molar-refractivity contribution in [1.82, 2.24) is 14.4 Å². The first-order valence-electron chi connectivity index (χ1n) is 8.34. The third-order valence-electron chi connectivity index (χ3n) is 4.45. The van der Waals surface area contributed by atoms with Gasteiger partial charge in [0.25, 0.3) is 5.91 Å². The zero-order chi connectivity index (χ0) is 18.9. The first-order chi connectivity index (χ1) is 12.3. The number of nitrogens with zero attached hydrogens (tertiary/aromatic N) is 3. The van der Waals surface area contributed by atoms with Crippen LogP contribution in [0, 0.1) is 6.92 Å². The van der Waals surface area contributed by atoms with E-state index in [1.165, 1.54) is 4.31 Å². The molecule has 0 bridgehead atoms. The minimum atomic E-state index is -3.56. The molecule has 7 nitrogen and oxygen atoms in total. The van der Waals surface area contributed by atoms with Crippen LogP contribution in [0.4, 0.5) is 0 Å². The van der Waals surface area contributed by atoms with E-state index in [0.29, 0.717) is 36.5 Å². The molecule has 0 saturated carbocycles. The number of benzene rings is 1. The maximum Gasteiger partial charge on any atom is 0.259 e. The van der Waals surface area contributed by atoms with Gasteiger partial charge in [0.2, 0.25) is 10.0 Å². The van der Waals surface area contributed by atoms with Crippen molar-refractivity contribution in [2.24, 2.45) is 0 Å². The van der Waals surface area contributed by atoms with E-state index < -0.39 is 10.0 Å². The highest BCUT2D eigenvalue weighted by atomic mass is 79.9. The highest BCUT2D eigenvalue weighted by Gasteiger charge is 2.32. The number of piperazine rings is 1. The van der Waals surface area contributed by atoms with Crippen LogP contribution in [0.1, 0.15) is 28.7 Å². The van der Waals surface area contributed by atoms with Gasteiger partial charge in [-0.1, -0.05) is 28.0 Å². The Morgan fingerprint density at radius 2 is 1.81 bits per heavy atom. The van der Waals surface area contributed by atoms with Crippen LogP contribution in [0.3, 0.4) is 0 Å². The SMILES string of the molecule is CCc1onc(C)c1C(=O)N1CCN(S(=O)(=O)c2ccc(Br)cc2)CC1. The molecule has 2 aromatic rings. The summed E-state index contributed by atoms with van der Waals surface area (Å²) in [5.41, 5.74) is 1.06. The number of carbonyl (C=O) groups is 1. The number of carbonyl (C=O) groups excluding carboxylic acids is 1. The van der Waals surface area contributed by atoms with E-state index in [1.54, 1.807) is 36.1 Å². The zero-order valence-corrected chi connectivity index (χ0v) is 17.0. The van der Waals surface area contributed by atoms with Crippen LogP contribution in [-0.4, -0.2) is 54.9 Å². The van der Waals surface area contributed by atoms with Gasteiger partial charge in [-0.2, -0.15) is 4.31 Å². The predicted octanol–water partition coefficient (Wildman–Crippen LogP) is 2.45. The molecule has 0 unspecified atom stereocenters. The summed E-state index contributed by atoms with van der Waals surface area (Å²) in [6.07, 6.45) is 0.583. The summed E-state index contributed by atoms with van der Waals surface area (Å²) in [5.74, 6) is 0.415. The number of halogens is 1. The topological polar surface area (TPSA) is 83.7 Å². The number of amides is 1. The second-order valence-electron chi connectivity index (χ2n) is 6.07. The Morgan fingerprint density at radius 1 is 1.19 bits per heavy atom. The van der Waals surface area contributed by atoms with Gasteiger partial charge in [0.1, 0.15) is 11.3 Å². The third-order valence-corrected chi connectivity index (χ3v) is 6.89. The fourth-order valence-corrected chi connectivity index (χ4v) is 4.66. The van der Waals surface area contributed by atoms with Gasteiger partial charge in [-0.3, -0.25) is 4.79 Å². The summed E-state index contributed by atoms with van der Waals surface area (Å²) in [6, 6.07) is 6.55. The van der Waals surface area contributed by atoms with Crippen LogP contribution >= 0.6 is 15.9 Å². The Labute approximate surface area is 161 Å². The smallest absolute Gasteiger partial charge is 0.259 e. The third kappa shape index (κ3) is 3.56. The van der Waals surface area contributed by atoms with E-state index in [4.69, 9.17) is 4.52 Å². The van der Waals surface area contributed by atoms with Crippen LogP contribution in [0.2, 0.25) is 0 Å². The van der Waals surface area contributed by atoms with Crippen LogP contribution in [-0.2, 0) is 16.4 Å². The highest BCUT2D eigenvalue weighted by Crippen LogP contribution is 2.22. The zero-order valence-electron chi connectivity index (χ0n) is 14.6. The Kier molecular flexibility index (Phi) is 5.50. The second-order valence-corrected chi connectivity index (χ2v) is 8.92. The molecule has 0 atom stereocenters. The molecule has 1 fully saturated rings. The van der Waals surface area contributed by atoms with Gasteiger partial charge in [-0.05, 0) is 31.2 Å². The molecule has 2 heterocycles. The van der Waals surface area contributed by atoms with Gasteiger partial charge in [0, 0.05) is 37.1 Å². The molecule has 1 aromatic carbocycles. The second kappa shape index (κ2) is 7.50. The van der Waals surface area contributed by atoms with Crippen molar-refractivity contribution in [3.63, 3.8) is 0 Å². The van der Waals surface area contributed by atoms with E-state index in [0.717, 1.165) is 4.47 Å². The van der Waals surface area contributed by atoms with Gasteiger partial charge in [0.15, 0.2) is 0 Å². The molecule has 3 rings (SSSR count). The highest BCUT2D eigenvalue weighted by molar-refractivity contribution is 9.10. The number of aromatic nitrogens is 1. The summed E-state index contributed by atoms with van der Waals surface area (Å²) < 4.78 is 32.9. The lowest BCUT2D eigenvalue weighted by Gasteiger charge is -2.34. The van der Waals surface area contributed by atoms with Crippen LogP contribution in [0.15, 0.2) is 38.2 Å². The maximum absolute atomic E-state index is 12.8. The average Bonchev–Trinajstić information content (AvgIpc) is 3.02. The summed E-state index contributed by atoms with van der Waals surface area (Å²) >= 11 is 3.30. The molecule has 1 aliphatic heterocycles. The van der Waals surface area contributed by atoms with Crippen molar-refractivity contribution in [2.45, 2.75) is 25.2 Å². The molecule has 26 heavy (non-hydrogen) atoms. The Morgan fingerprint density at radius 3 is 2.38 bits per heavy atom. The number of aryl methyl sites for hydroxylation is 2. The molecule has 0 aliphatic carbocycles. The van der Waals surface area contributed by atoms with Gasteiger partial charge in [-0.15, -0.1) is 0 Å². The first-order valence-corrected chi connectivity index (χ1v) is 10.6. The molecular formula is C17H20BrN3O4S. The molecule has 0 radical (unpaired) electrons. The molecule has 0 spiro atoms. The number of hydrogen-bond acceptors (Lipinski definition) is 5. The number of rotatable bonds is 4. The van der Waals surface area contributed by atoms with Crippen molar-refractivity contribution in [1.29, 1.82) is 0 Å². The van der Waals surface area contributed by atoms with Crippen LogP contribution in [0.5, 0.6) is 0 Å². The van der Waals surface area contributed by atoms with Crippen molar-refractivity contribution >= 4 is 31.9 Å². The molecule has 1 saturated heterocycles. The van der Waals surface area contributed by atoms with E-state index in [1.807, 2.05) is 6.92 Å². The lowest BCUT2D eigenvalue weighted by atomic mass is 10.1. The molecule has 1 aliphatic rings. The summed E-state index contributed by atoms with van der Waals surface area (Å²) in [5, 5.41) is 3.87. The largest absolute Gasteiger partial charge is 0.360 e. The number of sulfonamides is 1.